The van der Waals surface area contributed by atoms with E-state index in [1.165, 1.54) is 5.56 Å². The van der Waals surface area contributed by atoms with Crippen LogP contribution in [0, 0.1) is 12.8 Å². The monoisotopic (exact) mass is 341 g/mol. The number of aryl methyl sites for hydroxylation is 1. The summed E-state index contributed by atoms with van der Waals surface area (Å²) in [5, 5.41) is 7.36. The van der Waals surface area contributed by atoms with Gasteiger partial charge in [0.25, 0.3) is 0 Å². The summed E-state index contributed by atoms with van der Waals surface area (Å²) < 4.78 is 1.84. The zero-order valence-electron chi connectivity index (χ0n) is 15.3. The molecule has 0 radical (unpaired) electrons. The topological polar surface area (TPSA) is 63.1 Å². The molecule has 1 atom stereocenters. The molecular formula is C19H27N5O. The highest BCUT2D eigenvalue weighted by Gasteiger charge is 2.24. The van der Waals surface area contributed by atoms with Crippen LogP contribution in [-0.2, 0) is 13.5 Å². The van der Waals surface area contributed by atoms with Crippen LogP contribution in [0.15, 0.2) is 30.7 Å². The third-order valence-electron chi connectivity index (χ3n) is 5.23. The number of hydrogen-bond acceptors (Lipinski definition) is 3. The average molecular weight is 341 g/mol. The quantitative estimate of drug-likeness (QED) is 0.930. The van der Waals surface area contributed by atoms with Crippen molar-refractivity contribution in [3.05, 3.63) is 47.5 Å². The van der Waals surface area contributed by atoms with Gasteiger partial charge in [-0.05, 0) is 50.7 Å². The average Bonchev–Trinajstić information content (AvgIpc) is 2.95. The van der Waals surface area contributed by atoms with Crippen molar-refractivity contribution in [2.45, 2.75) is 39.2 Å². The first-order valence-corrected chi connectivity index (χ1v) is 8.97. The predicted molar refractivity (Wildman–Crippen MR) is 97.1 cm³/mol. The number of urea groups is 1. The van der Waals surface area contributed by atoms with Crippen LogP contribution in [-0.4, -0.2) is 38.8 Å². The molecule has 2 aromatic heterocycles. The van der Waals surface area contributed by atoms with Gasteiger partial charge in [0, 0.05) is 43.8 Å². The minimum absolute atomic E-state index is 0.0237. The van der Waals surface area contributed by atoms with Crippen molar-refractivity contribution in [3.63, 3.8) is 0 Å². The highest BCUT2D eigenvalue weighted by atomic mass is 16.2. The van der Waals surface area contributed by atoms with Gasteiger partial charge in [0.1, 0.15) is 0 Å². The van der Waals surface area contributed by atoms with Crippen LogP contribution >= 0.6 is 0 Å². The molecule has 2 aromatic rings. The molecule has 1 aliphatic heterocycles. The van der Waals surface area contributed by atoms with Crippen molar-refractivity contribution < 1.29 is 4.79 Å². The molecule has 25 heavy (non-hydrogen) atoms. The maximum absolute atomic E-state index is 12.5. The van der Waals surface area contributed by atoms with E-state index in [1.54, 1.807) is 0 Å². The van der Waals surface area contributed by atoms with E-state index in [0.717, 1.165) is 43.6 Å². The maximum Gasteiger partial charge on any atom is 0.317 e. The molecule has 0 aromatic carbocycles. The molecular weight excluding hydrogens is 314 g/mol. The van der Waals surface area contributed by atoms with Crippen molar-refractivity contribution in [1.82, 2.24) is 25.0 Å². The van der Waals surface area contributed by atoms with E-state index in [-0.39, 0.29) is 12.1 Å². The summed E-state index contributed by atoms with van der Waals surface area (Å²) >= 11 is 0. The lowest BCUT2D eigenvalue weighted by molar-refractivity contribution is 0.167. The Kier molecular flexibility index (Phi) is 5.36. The number of carbonyl (C=O) groups excluding carboxylic acids is 1. The standard InChI is InChI=1S/C19H27N5O/c1-14(18-13-21-23(3)15(18)2)22-19(25)24-9-6-16(7-10-24)11-17-5-4-8-20-12-17/h4-5,8,12-14,16H,6-7,9-11H2,1-3H3,(H,22,25)/t14-/m1/s1. The van der Waals surface area contributed by atoms with E-state index in [4.69, 9.17) is 0 Å². The first-order valence-electron chi connectivity index (χ1n) is 8.97. The van der Waals surface area contributed by atoms with Crippen molar-refractivity contribution in [2.75, 3.05) is 13.1 Å². The summed E-state index contributed by atoms with van der Waals surface area (Å²) in [5.74, 6) is 0.631. The molecule has 6 heteroatoms. The number of pyridine rings is 1. The second kappa shape index (κ2) is 7.68. The fourth-order valence-corrected chi connectivity index (χ4v) is 3.49. The molecule has 134 valence electrons. The molecule has 1 aliphatic rings. The Morgan fingerprint density at radius 3 is 2.72 bits per heavy atom. The summed E-state index contributed by atoms with van der Waals surface area (Å²) in [5.41, 5.74) is 3.44. The van der Waals surface area contributed by atoms with Crippen molar-refractivity contribution >= 4 is 6.03 Å². The second-order valence-electron chi connectivity index (χ2n) is 6.98. The summed E-state index contributed by atoms with van der Waals surface area (Å²) in [7, 11) is 1.92. The van der Waals surface area contributed by atoms with Crippen LogP contribution in [0.1, 0.15) is 42.6 Å². The van der Waals surface area contributed by atoms with Crippen LogP contribution in [0.5, 0.6) is 0 Å². The van der Waals surface area contributed by atoms with Gasteiger partial charge in [-0.3, -0.25) is 9.67 Å². The maximum atomic E-state index is 12.5. The Hall–Kier alpha value is -2.37. The van der Waals surface area contributed by atoms with E-state index < -0.39 is 0 Å². The Bertz CT molecular complexity index is 704. The predicted octanol–water partition coefficient (Wildman–Crippen LogP) is 2.85. The fraction of sp³-hybridized carbons (Fsp3) is 0.526. The Labute approximate surface area is 149 Å². The smallest absolute Gasteiger partial charge is 0.317 e. The number of rotatable bonds is 4. The van der Waals surface area contributed by atoms with Crippen LogP contribution in [0.2, 0.25) is 0 Å². The Morgan fingerprint density at radius 2 is 2.12 bits per heavy atom. The van der Waals surface area contributed by atoms with E-state index >= 15 is 0 Å². The lowest BCUT2D eigenvalue weighted by Gasteiger charge is -2.33. The number of aromatic nitrogens is 3. The molecule has 3 heterocycles. The van der Waals surface area contributed by atoms with Crippen LogP contribution < -0.4 is 5.32 Å². The molecule has 1 fully saturated rings. The van der Waals surface area contributed by atoms with Gasteiger partial charge in [0.2, 0.25) is 0 Å². The zero-order valence-corrected chi connectivity index (χ0v) is 15.3. The van der Waals surface area contributed by atoms with Crippen LogP contribution in [0.3, 0.4) is 0 Å². The van der Waals surface area contributed by atoms with Crippen molar-refractivity contribution in [3.8, 4) is 0 Å². The number of likely N-dealkylation sites (tertiary alicyclic amines) is 1. The van der Waals surface area contributed by atoms with Gasteiger partial charge < -0.3 is 10.2 Å². The summed E-state index contributed by atoms with van der Waals surface area (Å²) in [6, 6.07) is 4.11. The van der Waals surface area contributed by atoms with Gasteiger partial charge in [-0.25, -0.2) is 4.79 Å². The van der Waals surface area contributed by atoms with E-state index in [2.05, 4.69) is 21.5 Å². The number of hydrogen-bond donors (Lipinski definition) is 1. The lowest BCUT2D eigenvalue weighted by Crippen LogP contribution is -2.45. The van der Waals surface area contributed by atoms with Gasteiger partial charge in [-0.1, -0.05) is 6.07 Å². The molecule has 3 rings (SSSR count). The number of piperidine rings is 1. The Balaban J connectivity index is 1.49. The molecule has 1 saturated heterocycles. The summed E-state index contributed by atoms with van der Waals surface area (Å²) in [6.07, 6.45) is 8.72. The largest absolute Gasteiger partial charge is 0.331 e. The van der Waals surface area contributed by atoms with Gasteiger partial charge in [-0.15, -0.1) is 0 Å². The lowest BCUT2D eigenvalue weighted by atomic mass is 9.91. The third-order valence-corrected chi connectivity index (χ3v) is 5.23. The summed E-state index contributed by atoms with van der Waals surface area (Å²) in [4.78, 5) is 18.7. The fourth-order valence-electron chi connectivity index (χ4n) is 3.49. The molecule has 1 N–H and O–H groups in total. The third kappa shape index (κ3) is 4.18. The van der Waals surface area contributed by atoms with E-state index in [1.807, 2.05) is 55.1 Å². The SMILES string of the molecule is Cc1c([C@@H](C)NC(=O)N2CCC(Cc3cccnc3)CC2)cnn1C. The molecule has 0 spiro atoms. The van der Waals surface area contributed by atoms with Gasteiger partial charge in [-0.2, -0.15) is 5.10 Å². The number of carbonyl (C=O) groups is 1. The molecule has 0 unspecified atom stereocenters. The number of amides is 2. The zero-order chi connectivity index (χ0) is 17.8. The first kappa shape index (κ1) is 17.5. The Morgan fingerprint density at radius 1 is 1.36 bits per heavy atom. The van der Waals surface area contributed by atoms with Crippen molar-refractivity contribution in [2.24, 2.45) is 13.0 Å². The molecule has 0 saturated carbocycles. The summed E-state index contributed by atoms with van der Waals surface area (Å²) in [6.45, 7) is 5.66. The number of nitrogens with one attached hydrogen (secondary N) is 1. The van der Waals surface area contributed by atoms with Crippen LogP contribution in [0.4, 0.5) is 4.79 Å². The first-order chi connectivity index (χ1) is 12.0. The molecule has 0 bridgehead atoms. The van der Waals surface area contributed by atoms with Crippen molar-refractivity contribution in [1.29, 1.82) is 0 Å². The minimum Gasteiger partial charge on any atom is -0.331 e. The molecule has 0 aliphatic carbocycles. The van der Waals surface area contributed by atoms with Gasteiger partial charge >= 0.3 is 6.03 Å². The second-order valence-corrected chi connectivity index (χ2v) is 6.98. The van der Waals surface area contributed by atoms with Gasteiger partial charge in [0.05, 0.1) is 12.2 Å². The highest BCUT2D eigenvalue weighted by Crippen LogP contribution is 2.22. The number of nitrogens with zero attached hydrogens (tertiary/aromatic N) is 4. The minimum atomic E-state index is -0.0330. The molecule has 6 nitrogen and oxygen atoms in total. The van der Waals surface area contributed by atoms with Gasteiger partial charge in [0.15, 0.2) is 0 Å². The van der Waals surface area contributed by atoms with E-state index in [9.17, 15) is 4.79 Å². The van der Waals surface area contributed by atoms with E-state index in [0.29, 0.717) is 5.92 Å². The van der Waals surface area contributed by atoms with Crippen LogP contribution in [0.25, 0.3) is 0 Å². The molecule has 2 amide bonds. The highest BCUT2D eigenvalue weighted by molar-refractivity contribution is 5.74. The normalized spacial score (nSPS) is 16.7.